The molecule has 1 aliphatic rings. The molecule has 0 aromatic heterocycles. The number of benzene rings is 2. The molecule has 0 bridgehead atoms. The van der Waals surface area contributed by atoms with Gasteiger partial charge in [0.1, 0.15) is 0 Å². The Morgan fingerprint density at radius 2 is 1.92 bits per heavy atom. The molecule has 0 spiro atoms. The summed E-state index contributed by atoms with van der Waals surface area (Å²) in [4.78, 5) is 11.9. The van der Waals surface area contributed by atoms with Gasteiger partial charge in [0.25, 0.3) is 0 Å². The maximum Gasteiger partial charge on any atom is 0.227 e. The lowest BCUT2D eigenvalue weighted by Gasteiger charge is -2.16. The summed E-state index contributed by atoms with van der Waals surface area (Å²) in [5, 5.41) is 13.6. The Labute approximate surface area is 151 Å². The number of anilines is 1. The number of halogens is 2. The van der Waals surface area contributed by atoms with E-state index < -0.39 is 5.92 Å². The van der Waals surface area contributed by atoms with Crippen LogP contribution in [-0.2, 0) is 4.79 Å². The molecule has 122 valence electrons. The minimum absolute atomic E-state index is 0.0384. The Hall–Kier alpha value is -2.02. The van der Waals surface area contributed by atoms with Gasteiger partial charge in [-0.25, -0.2) is 0 Å². The zero-order valence-corrected chi connectivity index (χ0v) is 14.7. The Bertz CT molecular complexity index is 820. The van der Waals surface area contributed by atoms with Gasteiger partial charge in [0.15, 0.2) is 0 Å². The number of hydrogen-bond acceptors (Lipinski definition) is 2. The van der Waals surface area contributed by atoms with Crippen LogP contribution in [0.1, 0.15) is 35.4 Å². The fourth-order valence-corrected chi connectivity index (χ4v) is 3.02. The van der Waals surface area contributed by atoms with E-state index in [9.17, 15) is 10.1 Å². The highest BCUT2D eigenvalue weighted by molar-refractivity contribution is 6.32. The van der Waals surface area contributed by atoms with Crippen LogP contribution in [0, 0.1) is 24.2 Å². The molecular formula is C19H16Cl2N2O. The fraction of sp³-hybridized carbons (Fsp3) is 0.263. The number of carbonyl (C=O) groups is 1. The molecule has 1 saturated carbocycles. The summed E-state index contributed by atoms with van der Waals surface area (Å²) in [6.45, 7) is 1.90. The van der Waals surface area contributed by atoms with E-state index in [2.05, 4.69) is 11.4 Å². The van der Waals surface area contributed by atoms with Crippen LogP contribution in [0.4, 0.5) is 5.69 Å². The van der Waals surface area contributed by atoms with Crippen LogP contribution in [0.5, 0.6) is 0 Å². The lowest BCUT2D eigenvalue weighted by atomic mass is 9.91. The normalized spacial score (nSPS) is 14.8. The molecule has 1 amide bonds. The van der Waals surface area contributed by atoms with Crippen molar-refractivity contribution in [1.29, 1.82) is 5.26 Å². The Kier molecular flexibility index (Phi) is 4.80. The molecular weight excluding hydrogens is 343 g/mol. The molecule has 0 saturated heterocycles. The second-order valence-electron chi connectivity index (χ2n) is 6.07. The van der Waals surface area contributed by atoms with Crippen LogP contribution in [0.2, 0.25) is 10.0 Å². The maximum atomic E-state index is 11.9. The molecule has 2 aromatic carbocycles. The first-order valence-electron chi connectivity index (χ1n) is 7.75. The minimum Gasteiger partial charge on any atom is -0.326 e. The van der Waals surface area contributed by atoms with Gasteiger partial charge in [0.2, 0.25) is 5.91 Å². The van der Waals surface area contributed by atoms with Gasteiger partial charge in [0, 0.05) is 21.7 Å². The second-order valence-corrected chi connectivity index (χ2v) is 6.91. The van der Waals surface area contributed by atoms with E-state index >= 15 is 0 Å². The number of amides is 1. The summed E-state index contributed by atoms with van der Waals surface area (Å²) in [6, 6.07) is 13.1. The first kappa shape index (κ1) is 16.8. The van der Waals surface area contributed by atoms with E-state index in [-0.39, 0.29) is 11.8 Å². The molecule has 1 aliphatic carbocycles. The van der Waals surface area contributed by atoms with Crippen molar-refractivity contribution in [2.75, 3.05) is 5.32 Å². The summed E-state index contributed by atoms with van der Waals surface area (Å²) in [6.07, 6.45) is 1.90. The third-order valence-corrected chi connectivity index (χ3v) is 4.77. The molecule has 5 heteroatoms. The van der Waals surface area contributed by atoms with Gasteiger partial charge in [-0.3, -0.25) is 4.79 Å². The lowest BCUT2D eigenvalue weighted by molar-refractivity contribution is -0.117. The number of hydrogen-bond donors (Lipinski definition) is 1. The molecule has 0 heterocycles. The number of rotatable bonds is 4. The van der Waals surface area contributed by atoms with Crippen molar-refractivity contribution in [2.45, 2.75) is 25.7 Å². The van der Waals surface area contributed by atoms with Crippen molar-refractivity contribution < 1.29 is 4.79 Å². The largest absolute Gasteiger partial charge is 0.326 e. The monoisotopic (exact) mass is 358 g/mol. The van der Waals surface area contributed by atoms with Crippen molar-refractivity contribution >= 4 is 34.8 Å². The minimum atomic E-state index is -0.485. The molecule has 0 radical (unpaired) electrons. The highest BCUT2D eigenvalue weighted by atomic mass is 35.5. The first-order chi connectivity index (χ1) is 11.5. The number of nitrogens with one attached hydrogen (secondary N) is 1. The number of nitriles is 1. The van der Waals surface area contributed by atoms with Crippen LogP contribution in [0.25, 0.3) is 0 Å². The predicted octanol–water partition coefficient (Wildman–Crippen LogP) is 5.31. The van der Waals surface area contributed by atoms with Gasteiger partial charge in [-0.1, -0.05) is 41.4 Å². The molecule has 1 atom stereocenters. The molecule has 1 fully saturated rings. The van der Waals surface area contributed by atoms with Gasteiger partial charge in [0.05, 0.1) is 12.0 Å². The second kappa shape index (κ2) is 6.84. The summed E-state index contributed by atoms with van der Waals surface area (Å²) >= 11 is 12.3. The fourth-order valence-electron chi connectivity index (χ4n) is 2.62. The van der Waals surface area contributed by atoms with Crippen molar-refractivity contribution in [2.24, 2.45) is 5.92 Å². The Morgan fingerprint density at radius 3 is 2.50 bits per heavy atom. The average Bonchev–Trinajstić information content (AvgIpc) is 3.39. The summed E-state index contributed by atoms with van der Waals surface area (Å²) in [7, 11) is 0. The summed E-state index contributed by atoms with van der Waals surface area (Å²) < 4.78 is 0. The smallest absolute Gasteiger partial charge is 0.227 e. The quantitative estimate of drug-likeness (QED) is 0.805. The Balaban J connectivity index is 1.92. The molecule has 0 unspecified atom stereocenters. The first-order valence-corrected chi connectivity index (χ1v) is 8.51. The van der Waals surface area contributed by atoms with Gasteiger partial charge in [-0.05, 0) is 54.7 Å². The molecule has 24 heavy (non-hydrogen) atoms. The highest BCUT2D eigenvalue weighted by Crippen LogP contribution is 2.35. The van der Waals surface area contributed by atoms with E-state index in [1.165, 1.54) is 0 Å². The van der Waals surface area contributed by atoms with Gasteiger partial charge in [-0.15, -0.1) is 0 Å². The standard InChI is InChI=1S/C19H16Cl2N2O/c1-11-8-15(16(10-22)12-4-6-14(20)7-5-12)17(21)9-18(11)23-19(24)13-2-3-13/h4-9,13,16H,2-3H2,1H3,(H,23,24)/t16-/m1/s1. The van der Waals surface area contributed by atoms with Gasteiger partial charge in [-0.2, -0.15) is 5.26 Å². The van der Waals surface area contributed by atoms with Crippen molar-refractivity contribution in [3.05, 3.63) is 63.1 Å². The number of aryl methyl sites for hydroxylation is 1. The van der Waals surface area contributed by atoms with Crippen molar-refractivity contribution in [3.8, 4) is 6.07 Å². The van der Waals surface area contributed by atoms with E-state index in [0.717, 1.165) is 29.5 Å². The van der Waals surface area contributed by atoms with Crippen LogP contribution in [0.3, 0.4) is 0 Å². The third kappa shape index (κ3) is 3.56. The van der Waals surface area contributed by atoms with E-state index in [4.69, 9.17) is 23.2 Å². The SMILES string of the molecule is Cc1cc([C@H](C#N)c2ccc(Cl)cc2)c(Cl)cc1NC(=O)C1CC1. The van der Waals surface area contributed by atoms with E-state index in [1.54, 1.807) is 18.2 Å². The summed E-state index contributed by atoms with van der Waals surface area (Å²) in [5.74, 6) is -0.318. The van der Waals surface area contributed by atoms with Crippen molar-refractivity contribution in [1.82, 2.24) is 0 Å². The van der Waals surface area contributed by atoms with Crippen LogP contribution >= 0.6 is 23.2 Å². The Morgan fingerprint density at radius 1 is 1.25 bits per heavy atom. The maximum absolute atomic E-state index is 11.9. The average molecular weight is 359 g/mol. The molecule has 1 N–H and O–H groups in total. The molecule has 2 aromatic rings. The van der Waals surface area contributed by atoms with E-state index in [0.29, 0.717) is 15.7 Å². The van der Waals surface area contributed by atoms with Gasteiger partial charge < -0.3 is 5.32 Å². The van der Waals surface area contributed by atoms with Gasteiger partial charge >= 0.3 is 0 Å². The molecule has 3 rings (SSSR count). The van der Waals surface area contributed by atoms with Crippen LogP contribution in [0.15, 0.2) is 36.4 Å². The van der Waals surface area contributed by atoms with E-state index in [1.807, 2.05) is 25.1 Å². The molecule has 3 nitrogen and oxygen atoms in total. The lowest BCUT2D eigenvalue weighted by Crippen LogP contribution is -2.14. The topological polar surface area (TPSA) is 52.9 Å². The third-order valence-electron chi connectivity index (χ3n) is 4.19. The van der Waals surface area contributed by atoms with Crippen LogP contribution < -0.4 is 5.32 Å². The highest BCUT2D eigenvalue weighted by Gasteiger charge is 2.30. The number of nitrogens with zero attached hydrogens (tertiary/aromatic N) is 1. The summed E-state index contributed by atoms with van der Waals surface area (Å²) in [5.41, 5.74) is 3.15. The zero-order valence-electron chi connectivity index (χ0n) is 13.1. The predicted molar refractivity (Wildman–Crippen MR) is 96.5 cm³/mol. The molecule has 0 aliphatic heterocycles. The zero-order chi connectivity index (χ0) is 17.3. The van der Waals surface area contributed by atoms with Crippen molar-refractivity contribution in [3.63, 3.8) is 0 Å². The number of carbonyl (C=O) groups excluding carboxylic acids is 1. The van der Waals surface area contributed by atoms with Crippen LogP contribution in [-0.4, -0.2) is 5.91 Å².